The number of carboxylic acid groups (broad SMARTS) is 2. The lowest BCUT2D eigenvalue weighted by Crippen LogP contribution is -2.46. The molecule has 0 spiro atoms. The Bertz CT molecular complexity index is 1030. The first-order valence-corrected chi connectivity index (χ1v) is 9.38. The number of hydrogen-bond donors (Lipinski definition) is 5. The summed E-state index contributed by atoms with van der Waals surface area (Å²) in [5, 5.41) is 47.2. The van der Waals surface area contributed by atoms with Crippen molar-refractivity contribution in [2.24, 2.45) is 0 Å². The molecule has 0 heterocycles. The molecule has 0 aliphatic heterocycles. The molecule has 1 rings (SSSR count). The van der Waals surface area contributed by atoms with E-state index in [2.05, 4.69) is 14.2 Å². The fourth-order valence-electron chi connectivity index (χ4n) is 2.49. The minimum atomic E-state index is -3.14. The quantitative estimate of drug-likeness (QED) is 0.132. The average Bonchev–Trinajstić information content (AvgIpc) is 2.72. The van der Waals surface area contributed by atoms with Crippen molar-refractivity contribution in [1.29, 1.82) is 0 Å². The first-order valence-electron chi connectivity index (χ1n) is 9.38. The van der Waals surface area contributed by atoms with E-state index in [1.54, 1.807) is 0 Å². The van der Waals surface area contributed by atoms with Crippen molar-refractivity contribution in [1.82, 2.24) is 0 Å². The van der Waals surface area contributed by atoms with Gasteiger partial charge in [0.15, 0.2) is 11.2 Å². The first-order chi connectivity index (χ1) is 16.1. The van der Waals surface area contributed by atoms with E-state index >= 15 is 0 Å². The van der Waals surface area contributed by atoms with Crippen LogP contribution in [0.2, 0.25) is 0 Å². The van der Waals surface area contributed by atoms with Crippen molar-refractivity contribution < 1.29 is 73.3 Å². The number of phenolic OH excluding ortho intramolecular Hbond substituents is 1. The van der Waals surface area contributed by atoms with Gasteiger partial charge in [0.1, 0.15) is 5.75 Å². The van der Waals surface area contributed by atoms with Crippen molar-refractivity contribution in [2.75, 3.05) is 7.11 Å². The van der Waals surface area contributed by atoms with Crippen molar-refractivity contribution in [3.8, 4) is 5.75 Å². The van der Waals surface area contributed by atoms with Gasteiger partial charge in [-0.25, -0.2) is 14.4 Å². The van der Waals surface area contributed by atoms with E-state index in [9.17, 15) is 48.9 Å². The Labute approximate surface area is 195 Å². The zero-order valence-corrected chi connectivity index (χ0v) is 18.0. The summed E-state index contributed by atoms with van der Waals surface area (Å²) in [6.45, 7) is 0. The summed E-state index contributed by atoms with van der Waals surface area (Å²) in [6.07, 6.45) is -5.64. The summed E-state index contributed by atoms with van der Waals surface area (Å²) >= 11 is 0. The molecule has 0 aliphatic carbocycles. The second-order valence-electron chi connectivity index (χ2n) is 7.12. The summed E-state index contributed by atoms with van der Waals surface area (Å²) in [7, 11) is 0.868. The highest BCUT2D eigenvalue weighted by atomic mass is 16.6. The molecule has 1 aromatic carbocycles. The van der Waals surface area contributed by atoms with Gasteiger partial charge in [0, 0.05) is 0 Å². The molecule has 0 aromatic heterocycles. The number of phenols is 1. The Morgan fingerprint density at radius 3 is 1.69 bits per heavy atom. The molecule has 15 heteroatoms. The van der Waals surface area contributed by atoms with Gasteiger partial charge in [0.05, 0.1) is 38.4 Å². The van der Waals surface area contributed by atoms with Crippen LogP contribution in [0.3, 0.4) is 0 Å². The number of rotatable bonds is 11. The van der Waals surface area contributed by atoms with E-state index in [0.29, 0.717) is 0 Å². The number of carboxylic acids is 2. The summed E-state index contributed by atoms with van der Waals surface area (Å²) in [6, 6.07) is 4.26. The molecule has 0 bridgehead atoms. The lowest BCUT2D eigenvalue weighted by molar-refractivity contribution is -0.179. The molecule has 0 amide bonds. The summed E-state index contributed by atoms with van der Waals surface area (Å²) < 4.78 is 13.0. The number of ether oxygens (including phenoxy) is 3. The van der Waals surface area contributed by atoms with Crippen molar-refractivity contribution in [3.05, 3.63) is 29.8 Å². The number of esters is 5. The number of hydrogen-bond acceptors (Lipinski definition) is 13. The van der Waals surface area contributed by atoms with E-state index < -0.39 is 78.7 Å². The van der Waals surface area contributed by atoms with Crippen LogP contribution in [0.1, 0.15) is 36.0 Å². The van der Waals surface area contributed by atoms with Crippen LogP contribution >= 0.6 is 0 Å². The van der Waals surface area contributed by atoms with Gasteiger partial charge in [-0.1, -0.05) is 0 Å². The smallest absolute Gasteiger partial charge is 0.347 e. The number of aromatic hydroxyl groups is 1. The molecule has 0 aliphatic rings. The second kappa shape index (κ2) is 11.7. The molecule has 0 saturated heterocycles. The fourth-order valence-corrected chi connectivity index (χ4v) is 2.49. The fraction of sp³-hybridized carbons (Fsp3) is 0.350. The molecular weight excluding hydrogens is 480 g/mol. The summed E-state index contributed by atoms with van der Waals surface area (Å²) in [5.74, 6) is -12.0. The Hall–Kier alpha value is -4.37. The molecule has 0 fully saturated rings. The van der Waals surface area contributed by atoms with Crippen LogP contribution in [0.15, 0.2) is 24.3 Å². The minimum absolute atomic E-state index is 0.222. The highest BCUT2D eigenvalue weighted by molar-refractivity contribution is 6.02. The molecule has 2 unspecified atom stereocenters. The average molecular weight is 500 g/mol. The second-order valence-corrected chi connectivity index (χ2v) is 7.12. The molecule has 1 aromatic rings. The van der Waals surface area contributed by atoms with Crippen LogP contribution in [0.25, 0.3) is 0 Å². The largest absolute Gasteiger partial charge is 0.508 e. The summed E-state index contributed by atoms with van der Waals surface area (Å²) in [5.41, 5.74) is -6.50. The Balaban J connectivity index is 2.99. The van der Waals surface area contributed by atoms with E-state index in [4.69, 9.17) is 10.2 Å². The van der Waals surface area contributed by atoms with Crippen LogP contribution < -0.4 is 0 Å². The van der Waals surface area contributed by atoms with E-state index in [1.165, 1.54) is 0 Å². The molecule has 0 saturated carbocycles. The molecule has 0 radical (unpaired) electrons. The van der Waals surface area contributed by atoms with Crippen molar-refractivity contribution in [3.63, 3.8) is 0 Å². The summed E-state index contributed by atoms with van der Waals surface area (Å²) in [4.78, 5) is 81.9. The predicted octanol–water partition coefficient (Wildman–Crippen LogP) is -1.49. The monoisotopic (exact) mass is 500 g/mol. The zero-order valence-electron chi connectivity index (χ0n) is 18.0. The lowest BCUT2D eigenvalue weighted by atomic mass is 9.95. The minimum Gasteiger partial charge on any atom is -0.508 e. The normalized spacial score (nSPS) is 13.9. The molecular formula is C20H20O15. The highest BCUT2D eigenvalue weighted by Crippen LogP contribution is 2.22. The first kappa shape index (κ1) is 28.7. The van der Waals surface area contributed by atoms with E-state index in [-0.39, 0.29) is 11.3 Å². The molecule has 15 nitrogen and oxygen atoms in total. The third-order valence-electron chi connectivity index (χ3n) is 4.28. The maximum Gasteiger partial charge on any atom is 0.347 e. The van der Waals surface area contributed by atoms with Gasteiger partial charge in [-0.2, -0.15) is 0 Å². The van der Waals surface area contributed by atoms with Gasteiger partial charge in [0.2, 0.25) is 0 Å². The van der Waals surface area contributed by atoms with Crippen LogP contribution in [-0.2, 0) is 43.0 Å². The van der Waals surface area contributed by atoms with Gasteiger partial charge >= 0.3 is 41.8 Å². The van der Waals surface area contributed by atoms with Gasteiger partial charge < -0.3 is 39.7 Å². The SMILES string of the molecule is COC(=O)CC(O)(CC(=O)OC(=O)CC(O)(CC(=O)O)C(=O)O)C(=O)OC(=O)c1ccc(O)cc1. The predicted molar refractivity (Wildman–Crippen MR) is 105 cm³/mol. The topological polar surface area (TPSA) is 248 Å². The lowest BCUT2D eigenvalue weighted by Gasteiger charge is -2.23. The third kappa shape index (κ3) is 8.49. The molecule has 5 N–H and O–H groups in total. The number of methoxy groups -OCH3 is 1. The van der Waals surface area contributed by atoms with Gasteiger partial charge in [-0.15, -0.1) is 0 Å². The maximum absolute atomic E-state index is 12.4. The molecule has 2 atom stereocenters. The van der Waals surface area contributed by atoms with Gasteiger partial charge in [-0.3, -0.25) is 19.2 Å². The Morgan fingerprint density at radius 2 is 1.23 bits per heavy atom. The number of carbonyl (C=O) groups excluding carboxylic acids is 5. The number of aliphatic carboxylic acids is 2. The zero-order chi connectivity index (χ0) is 27.0. The van der Waals surface area contributed by atoms with E-state index in [0.717, 1.165) is 31.4 Å². The highest BCUT2D eigenvalue weighted by Gasteiger charge is 2.46. The van der Waals surface area contributed by atoms with Crippen LogP contribution in [0, 0.1) is 0 Å². The number of aliphatic hydroxyl groups is 2. The Kier molecular flexibility index (Phi) is 9.55. The Morgan fingerprint density at radius 1 is 0.743 bits per heavy atom. The van der Waals surface area contributed by atoms with Crippen LogP contribution in [0.4, 0.5) is 0 Å². The van der Waals surface area contributed by atoms with E-state index in [1.807, 2.05) is 0 Å². The van der Waals surface area contributed by atoms with Gasteiger partial charge in [0.25, 0.3) is 0 Å². The third-order valence-corrected chi connectivity index (χ3v) is 4.28. The standard InChI is InChI=1S/C20H20O15/c1-33-13(24)7-20(32,18(30)35-16(27)10-2-4-11(21)5-3-10)9-15(26)34-14(25)8-19(31,17(28)29)6-12(22)23/h2-5,21,31-32H,6-9H2,1H3,(H,22,23)(H,28,29). The van der Waals surface area contributed by atoms with Crippen LogP contribution in [-0.4, -0.2) is 85.6 Å². The number of benzene rings is 1. The number of carbonyl (C=O) groups is 7. The molecule has 35 heavy (non-hydrogen) atoms. The van der Waals surface area contributed by atoms with Crippen molar-refractivity contribution in [2.45, 2.75) is 36.9 Å². The van der Waals surface area contributed by atoms with Crippen LogP contribution in [0.5, 0.6) is 5.75 Å². The van der Waals surface area contributed by atoms with Crippen molar-refractivity contribution >= 4 is 41.8 Å². The van der Waals surface area contributed by atoms with Gasteiger partial charge in [-0.05, 0) is 24.3 Å². The molecule has 190 valence electrons. The maximum atomic E-state index is 12.4.